The van der Waals surface area contributed by atoms with Crippen molar-refractivity contribution in [3.63, 3.8) is 0 Å². The van der Waals surface area contributed by atoms with Gasteiger partial charge in [0, 0.05) is 6.42 Å². The number of rotatable bonds is 51. The molecule has 1 fully saturated rings. The van der Waals surface area contributed by atoms with Crippen molar-refractivity contribution in [3.8, 4) is 0 Å². The minimum Gasteiger partial charge on any atom is -0.394 e. The Morgan fingerprint density at radius 2 is 0.868 bits per heavy atom. The molecule has 1 saturated heterocycles. The molecule has 1 aliphatic rings. The van der Waals surface area contributed by atoms with E-state index in [0.29, 0.717) is 12.8 Å². The molecule has 0 saturated carbocycles. The van der Waals surface area contributed by atoms with Crippen LogP contribution in [0.2, 0.25) is 0 Å². The molecule has 6 N–H and O–H groups in total. The van der Waals surface area contributed by atoms with E-state index in [0.717, 1.165) is 51.4 Å². The second-order valence-electron chi connectivity index (χ2n) is 20.8. The highest BCUT2D eigenvalue weighted by Gasteiger charge is 2.44. The number of nitrogens with one attached hydrogen (secondary N) is 1. The summed E-state index contributed by atoms with van der Waals surface area (Å²) >= 11 is 0. The molecule has 1 rings (SSSR count). The van der Waals surface area contributed by atoms with Gasteiger partial charge >= 0.3 is 0 Å². The zero-order chi connectivity index (χ0) is 49.4. The fourth-order valence-electron chi connectivity index (χ4n) is 9.61. The van der Waals surface area contributed by atoms with Crippen LogP contribution in [0.3, 0.4) is 0 Å². The van der Waals surface area contributed by atoms with E-state index in [1.165, 1.54) is 212 Å². The summed E-state index contributed by atoms with van der Waals surface area (Å²) in [4.78, 5) is 13.1. The number of amides is 1. The quantitative estimate of drug-likeness (QED) is 0.0261. The summed E-state index contributed by atoms with van der Waals surface area (Å²) in [6, 6.07) is -0.723. The number of carbonyl (C=O) groups excluding carboxylic acids is 1. The summed E-state index contributed by atoms with van der Waals surface area (Å²) in [5.74, 6) is -0.148. The van der Waals surface area contributed by atoms with Crippen molar-refractivity contribution < 1.29 is 39.8 Å². The molecule has 68 heavy (non-hydrogen) atoms. The standard InChI is InChI=1S/C59H113NO8/c1-3-5-7-9-11-13-15-17-19-21-23-25-27-29-31-33-35-37-39-41-43-45-47-49-55(63)60-52(51-67-59-58(66)57(65)56(64)54(50-61)68-59)53(62)48-46-44-42-40-38-36-34-32-30-28-26-24-22-20-18-16-14-12-10-8-6-4-2/h23,25,29,31,52-54,56-59,61-62,64-66H,3-22,24,26-28,30,32-51H2,1-2H3,(H,60,63)/b25-23-,31-29-. The first kappa shape index (κ1) is 64.7. The summed E-state index contributed by atoms with van der Waals surface area (Å²) in [6.07, 6.45) is 54.9. The van der Waals surface area contributed by atoms with Gasteiger partial charge in [0.15, 0.2) is 6.29 Å². The van der Waals surface area contributed by atoms with Crippen molar-refractivity contribution in [3.05, 3.63) is 24.3 Å². The highest BCUT2D eigenvalue weighted by Crippen LogP contribution is 2.23. The molecule has 1 amide bonds. The van der Waals surface area contributed by atoms with Gasteiger partial charge in [0.2, 0.25) is 5.91 Å². The van der Waals surface area contributed by atoms with Crippen LogP contribution < -0.4 is 5.32 Å². The number of unbranched alkanes of at least 4 members (excludes halogenated alkanes) is 37. The predicted octanol–water partition coefficient (Wildman–Crippen LogP) is 14.6. The first-order valence-corrected chi connectivity index (χ1v) is 29.5. The molecule has 9 nitrogen and oxygen atoms in total. The number of carbonyl (C=O) groups is 1. The molecule has 0 aromatic rings. The smallest absolute Gasteiger partial charge is 0.220 e. The Bertz CT molecular complexity index is 1120. The van der Waals surface area contributed by atoms with Crippen LogP contribution in [0.25, 0.3) is 0 Å². The average molecular weight is 965 g/mol. The van der Waals surface area contributed by atoms with Crippen LogP contribution in [-0.2, 0) is 14.3 Å². The molecule has 0 radical (unpaired) electrons. The predicted molar refractivity (Wildman–Crippen MR) is 286 cm³/mol. The maximum absolute atomic E-state index is 13.1. The Morgan fingerprint density at radius 3 is 1.26 bits per heavy atom. The number of hydrogen-bond acceptors (Lipinski definition) is 8. The summed E-state index contributed by atoms with van der Waals surface area (Å²) < 4.78 is 11.3. The Hall–Kier alpha value is -1.33. The van der Waals surface area contributed by atoms with Gasteiger partial charge in [-0.05, 0) is 44.9 Å². The van der Waals surface area contributed by atoms with Gasteiger partial charge < -0.3 is 40.3 Å². The number of aliphatic hydroxyl groups is 5. The highest BCUT2D eigenvalue weighted by molar-refractivity contribution is 5.76. The van der Waals surface area contributed by atoms with Gasteiger partial charge in [-0.15, -0.1) is 0 Å². The largest absolute Gasteiger partial charge is 0.394 e. The first-order valence-electron chi connectivity index (χ1n) is 29.5. The van der Waals surface area contributed by atoms with E-state index in [1.54, 1.807) is 0 Å². The molecule has 1 aliphatic heterocycles. The maximum atomic E-state index is 13.1. The van der Waals surface area contributed by atoms with Crippen LogP contribution in [0.4, 0.5) is 0 Å². The molecule has 0 aromatic heterocycles. The topological polar surface area (TPSA) is 149 Å². The minimum absolute atomic E-state index is 0.139. The molecule has 0 aliphatic carbocycles. The van der Waals surface area contributed by atoms with Gasteiger partial charge in [-0.25, -0.2) is 0 Å². The van der Waals surface area contributed by atoms with Crippen molar-refractivity contribution in [2.24, 2.45) is 0 Å². The van der Waals surface area contributed by atoms with Gasteiger partial charge in [0.25, 0.3) is 0 Å². The fourth-order valence-corrected chi connectivity index (χ4v) is 9.61. The van der Waals surface area contributed by atoms with Gasteiger partial charge in [0.05, 0.1) is 25.4 Å². The normalized spacial score (nSPS) is 19.7. The first-order chi connectivity index (χ1) is 33.3. The van der Waals surface area contributed by atoms with Gasteiger partial charge in [-0.1, -0.05) is 263 Å². The van der Waals surface area contributed by atoms with E-state index in [9.17, 15) is 30.3 Å². The van der Waals surface area contributed by atoms with Crippen LogP contribution in [0.5, 0.6) is 0 Å². The SMILES string of the molecule is CCCCCCCCCCC/C=C\C/C=C\CCCCCCCCCC(=O)NC(COC1OC(CO)C(O)C(O)C1O)C(O)CCCCCCCCCCCCCCCCCCCCCCCC. The van der Waals surface area contributed by atoms with E-state index in [1.807, 2.05) is 0 Å². The Labute approximate surface area is 419 Å². The van der Waals surface area contributed by atoms with E-state index < -0.39 is 49.5 Å². The van der Waals surface area contributed by atoms with Crippen molar-refractivity contribution in [1.82, 2.24) is 5.32 Å². The number of hydrogen-bond donors (Lipinski definition) is 6. The monoisotopic (exact) mass is 964 g/mol. The molecular weight excluding hydrogens is 851 g/mol. The molecule has 0 spiro atoms. The number of aliphatic hydroxyl groups excluding tert-OH is 5. The van der Waals surface area contributed by atoms with Crippen LogP contribution >= 0.6 is 0 Å². The summed E-state index contributed by atoms with van der Waals surface area (Å²) in [5, 5.41) is 54.7. The summed E-state index contributed by atoms with van der Waals surface area (Å²) in [6.45, 7) is 3.87. The zero-order valence-corrected chi connectivity index (χ0v) is 44.6. The second-order valence-corrected chi connectivity index (χ2v) is 20.8. The Balaban J connectivity index is 2.21. The lowest BCUT2D eigenvalue weighted by atomic mass is 9.99. The molecule has 7 atom stereocenters. The molecule has 7 unspecified atom stereocenters. The summed E-state index contributed by atoms with van der Waals surface area (Å²) in [5.41, 5.74) is 0. The van der Waals surface area contributed by atoms with Gasteiger partial charge in [0.1, 0.15) is 24.4 Å². The van der Waals surface area contributed by atoms with E-state index in [-0.39, 0.29) is 12.5 Å². The van der Waals surface area contributed by atoms with Gasteiger partial charge in [-0.2, -0.15) is 0 Å². The highest BCUT2D eigenvalue weighted by atomic mass is 16.7. The lowest BCUT2D eigenvalue weighted by molar-refractivity contribution is -0.302. The van der Waals surface area contributed by atoms with Crippen LogP contribution in [0.1, 0.15) is 290 Å². The van der Waals surface area contributed by atoms with Crippen molar-refractivity contribution in [1.29, 1.82) is 0 Å². The maximum Gasteiger partial charge on any atom is 0.220 e. The molecule has 9 heteroatoms. The van der Waals surface area contributed by atoms with E-state index in [2.05, 4.69) is 43.5 Å². The molecular formula is C59H113NO8. The number of allylic oxidation sites excluding steroid dienone is 4. The molecule has 0 aromatic carbocycles. The third-order valence-electron chi connectivity index (χ3n) is 14.3. The lowest BCUT2D eigenvalue weighted by Gasteiger charge is -2.40. The van der Waals surface area contributed by atoms with E-state index >= 15 is 0 Å². The third-order valence-corrected chi connectivity index (χ3v) is 14.3. The Kier molecular flexibility index (Phi) is 46.9. The zero-order valence-electron chi connectivity index (χ0n) is 44.6. The van der Waals surface area contributed by atoms with Crippen LogP contribution in [0.15, 0.2) is 24.3 Å². The summed E-state index contributed by atoms with van der Waals surface area (Å²) in [7, 11) is 0. The molecule has 1 heterocycles. The van der Waals surface area contributed by atoms with E-state index in [4.69, 9.17) is 9.47 Å². The third kappa shape index (κ3) is 38.4. The molecule has 402 valence electrons. The lowest BCUT2D eigenvalue weighted by Crippen LogP contribution is -2.60. The fraction of sp³-hybridized carbons (Fsp3) is 0.915. The van der Waals surface area contributed by atoms with Gasteiger partial charge in [-0.3, -0.25) is 4.79 Å². The van der Waals surface area contributed by atoms with Crippen molar-refractivity contribution in [2.45, 2.75) is 333 Å². The van der Waals surface area contributed by atoms with Crippen molar-refractivity contribution in [2.75, 3.05) is 13.2 Å². The van der Waals surface area contributed by atoms with Crippen LogP contribution in [0, 0.1) is 0 Å². The minimum atomic E-state index is -1.55. The Morgan fingerprint density at radius 1 is 0.500 bits per heavy atom. The second kappa shape index (κ2) is 49.3. The average Bonchev–Trinajstić information content (AvgIpc) is 3.34. The van der Waals surface area contributed by atoms with Crippen molar-refractivity contribution >= 4 is 5.91 Å². The molecule has 0 bridgehead atoms. The number of ether oxygens (including phenoxy) is 2. The van der Waals surface area contributed by atoms with Crippen LogP contribution in [-0.4, -0.2) is 87.5 Å².